The van der Waals surface area contributed by atoms with Crippen LogP contribution in [0.2, 0.25) is 0 Å². The van der Waals surface area contributed by atoms with Crippen LogP contribution in [-0.4, -0.2) is 19.1 Å². The maximum absolute atomic E-state index is 11.3. The first kappa shape index (κ1) is 13.5. The number of rotatable bonds is 6. The predicted octanol–water partition coefficient (Wildman–Crippen LogP) is 1.61. The topological polar surface area (TPSA) is 64.3 Å². The minimum absolute atomic E-state index is 0.00724. The predicted molar refractivity (Wildman–Crippen MR) is 67.8 cm³/mol. The number of para-hydroxylation sites is 1. The number of amides is 1. The summed E-state index contributed by atoms with van der Waals surface area (Å²) in [5, 5.41) is 2.89. The second-order valence-corrected chi connectivity index (χ2v) is 3.70. The van der Waals surface area contributed by atoms with Crippen LogP contribution in [-0.2, 0) is 4.79 Å². The minimum Gasteiger partial charge on any atom is -0.494 e. The quantitative estimate of drug-likeness (QED) is 0.788. The zero-order valence-electron chi connectivity index (χ0n) is 10.4. The van der Waals surface area contributed by atoms with E-state index in [1.165, 1.54) is 0 Å². The van der Waals surface area contributed by atoms with Gasteiger partial charge >= 0.3 is 0 Å². The molecule has 1 amide bonds. The number of carbonyl (C=O) groups excluding carboxylic acids is 1. The summed E-state index contributed by atoms with van der Waals surface area (Å²) in [4.78, 5) is 11.3. The van der Waals surface area contributed by atoms with E-state index in [2.05, 4.69) is 5.32 Å². The summed E-state index contributed by atoms with van der Waals surface area (Å²) < 4.78 is 5.55. The van der Waals surface area contributed by atoms with Gasteiger partial charge in [-0.1, -0.05) is 25.1 Å². The van der Waals surface area contributed by atoms with Crippen molar-refractivity contribution in [1.82, 2.24) is 5.32 Å². The Morgan fingerprint density at radius 2 is 2.12 bits per heavy atom. The Bertz CT molecular complexity index is 366. The first-order valence-corrected chi connectivity index (χ1v) is 5.94. The van der Waals surface area contributed by atoms with Gasteiger partial charge in [-0.05, 0) is 19.4 Å². The summed E-state index contributed by atoms with van der Waals surface area (Å²) in [6.45, 7) is 4.58. The largest absolute Gasteiger partial charge is 0.494 e. The van der Waals surface area contributed by atoms with Crippen molar-refractivity contribution in [3.8, 4) is 5.75 Å². The molecule has 0 heterocycles. The highest BCUT2D eigenvalue weighted by Gasteiger charge is 2.15. The summed E-state index contributed by atoms with van der Waals surface area (Å²) in [6.07, 6.45) is 0.801. The molecule has 0 aliphatic rings. The molecule has 94 valence electrons. The van der Waals surface area contributed by atoms with Gasteiger partial charge in [-0.2, -0.15) is 0 Å². The molecule has 0 bridgehead atoms. The van der Waals surface area contributed by atoms with Gasteiger partial charge in [0.05, 0.1) is 19.2 Å². The Balaban J connectivity index is 2.90. The van der Waals surface area contributed by atoms with Crippen LogP contribution >= 0.6 is 0 Å². The van der Waals surface area contributed by atoms with Crippen LogP contribution in [0.3, 0.4) is 0 Å². The molecular formula is C13H20N2O2. The van der Waals surface area contributed by atoms with Crippen LogP contribution in [0.25, 0.3) is 0 Å². The average molecular weight is 236 g/mol. The van der Waals surface area contributed by atoms with Crippen molar-refractivity contribution in [2.24, 2.45) is 5.73 Å². The third kappa shape index (κ3) is 3.75. The van der Waals surface area contributed by atoms with E-state index in [0.717, 1.165) is 17.7 Å². The number of ether oxygens (including phenoxy) is 1. The maximum atomic E-state index is 11.3. The lowest BCUT2D eigenvalue weighted by Crippen LogP contribution is -2.33. The Labute approximate surface area is 102 Å². The molecule has 1 atom stereocenters. The van der Waals surface area contributed by atoms with Crippen molar-refractivity contribution < 1.29 is 9.53 Å². The van der Waals surface area contributed by atoms with E-state index in [4.69, 9.17) is 10.5 Å². The molecule has 0 spiro atoms. The van der Waals surface area contributed by atoms with Crippen molar-refractivity contribution in [2.45, 2.75) is 26.3 Å². The van der Waals surface area contributed by atoms with Crippen molar-refractivity contribution in [3.63, 3.8) is 0 Å². The second kappa shape index (κ2) is 6.91. The number of nitrogens with two attached hydrogens (primary N) is 1. The molecule has 0 aromatic heterocycles. The Hall–Kier alpha value is -1.55. The lowest BCUT2D eigenvalue weighted by atomic mass is 10.0. The minimum atomic E-state index is -0.150. The SMILES string of the molecule is CCOc1ccccc1C(CC)NC(=O)CN. The molecule has 1 unspecified atom stereocenters. The van der Waals surface area contributed by atoms with Gasteiger partial charge < -0.3 is 15.8 Å². The molecule has 3 N–H and O–H groups in total. The fraction of sp³-hybridized carbons (Fsp3) is 0.462. The number of hydrogen-bond acceptors (Lipinski definition) is 3. The highest BCUT2D eigenvalue weighted by molar-refractivity contribution is 5.78. The molecule has 0 aliphatic heterocycles. The normalized spacial score (nSPS) is 11.9. The fourth-order valence-corrected chi connectivity index (χ4v) is 1.71. The van der Waals surface area contributed by atoms with E-state index in [1.807, 2.05) is 38.1 Å². The Kier molecular flexibility index (Phi) is 5.49. The Morgan fingerprint density at radius 3 is 2.71 bits per heavy atom. The Morgan fingerprint density at radius 1 is 1.41 bits per heavy atom. The van der Waals surface area contributed by atoms with Crippen LogP contribution in [0.4, 0.5) is 0 Å². The summed E-state index contributed by atoms with van der Waals surface area (Å²) in [6, 6.07) is 7.70. The van der Waals surface area contributed by atoms with Crippen LogP contribution in [0.5, 0.6) is 5.75 Å². The molecule has 0 radical (unpaired) electrons. The van der Waals surface area contributed by atoms with Gasteiger partial charge in [0.15, 0.2) is 0 Å². The fourth-order valence-electron chi connectivity index (χ4n) is 1.71. The number of nitrogens with one attached hydrogen (secondary N) is 1. The average Bonchev–Trinajstić information content (AvgIpc) is 2.37. The van der Waals surface area contributed by atoms with Crippen molar-refractivity contribution in [3.05, 3.63) is 29.8 Å². The molecule has 4 heteroatoms. The lowest BCUT2D eigenvalue weighted by molar-refractivity contribution is -0.120. The van der Waals surface area contributed by atoms with Crippen LogP contribution in [0.15, 0.2) is 24.3 Å². The van der Waals surface area contributed by atoms with E-state index >= 15 is 0 Å². The molecule has 0 fully saturated rings. The van der Waals surface area contributed by atoms with E-state index in [9.17, 15) is 4.79 Å². The van der Waals surface area contributed by atoms with Crippen molar-refractivity contribution >= 4 is 5.91 Å². The smallest absolute Gasteiger partial charge is 0.234 e. The molecule has 1 aromatic rings. The monoisotopic (exact) mass is 236 g/mol. The van der Waals surface area contributed by atoms with Gasteiger partial charge in [-0.15, -0.1) is 0 Å². The summed E-state index contributed by atoms with van der Waals surface area (Å²) in [5.41, 5.74) is 6.31. The van der Waals surface area contributed by atoms with E-state index in [-0.39, 0.29) is 18.5 Å². The molecule has 4 nitrogen and oxygen atoms in total. The van der Waals surface area contributed by atoms with Gasteiger partial charge in [0.1, 0.15) is 5.75 Å². The van der Waals surface area contributed by atoms with Crippen LogP contribution < -0.4 is 15.8 Å². The molecule has 0 saturated carbocycles. The molecule has 0 saturated heterocycles. The van der Waals surface area contributed by atoms with Gasteiger partial charge in [0.25, 0.3) is 0 Å². The summed E-state index contributed by atoms with van der Waals surface area (Å²) in [5.74, 6) is 0.669. The number of benzene rings is 1. The third-order valence-electron chi connectivity index (χ3n) is 2.52. The van der Waals surface area contributed by atoms with Gasteiger partial charge in [0, 0.05) is 5.56 Å². The van der Waals surface area contributed by atoms with Crippen LogP contribution in [0.1, 0.15) is 31.9 Å². The standard InChI is InChI=1S/C13H20N2O2/c1-3-11(15-13(16)9-14)10-7-5-6-8-12(10)17-4-2/h5-8,11H,3-4,9,14H2,1-2H3,(H,15,16). The number of carbonyl (C=O) groups is 1. The second-order valence-electron chi connectivity index (χ2n) is 3.70. The van der Waals surface area contributed by atoms with Gasteiger partial charge in [-0.3, -0.25) is 4.79 Å². The molecular weight excluding hydrogens is 216 g/mol. The van der Waals surface area contributed by atoms with E-state index < -0.39 is 0 Å². The third-order valence-corrected chi connectivity index (χ3v) is 2.52. The van der Waals surface area contributed by atoms with Crippen LogP contribution in [0, 0.1) is 0 Å². The van der Waals surface area contributed by atoms with Gasteiger partial charge in [0.2, 0.25) is 5.91 Å². The first-order valence-electron chi connectivity index (χ1n) is 5.94. The molecule has 0 aliphatic carbocycles. The lowest BCUT2D eigenvalue weighted by Gasteiger charge is -2.20. The maximum Gasteiger partial charge on any atom is 0.234 e. The van der Waals surface area contributed by atoms with Gasteiger partial charge in [-0.25, -0.2) is 0 Å². The van der Waals surface area contributed by atoms with E-state index in [0.29, 0.717) is 6.61 Å². The van der Waals surface area contributed by atoms with E-state index in [1.54, 1.807) is 0 Å². The molecule has 17 heavy (non-hydrogen) atoms. The first-order chi connectivity index (χ1) is 8.22. The highest BCUT2D eigenvalue weighted by Crippen LogP contribution is 2.26. The molecule has 1 rings (SSSR count). The zero-order chi connectivity index (χ0) is 12.7. The highest BCUT2D eigenvalue weighted by atomic mass is 16.5. The summed E-state index contributed by atoms with van der Waals surface area (Å²) >= 11 is 0. The van der Waals surface area contributed by atoms with Crippen molar-refractivity contribution in [2.75, 3.05) is 13.2 Å². The number of hydrogen-bond donors (Lipinski definition) is 2. The molecule has 1 aromatic carbocycles. The van der Waals surface area contributed by atoms with Crippen molar-refractivity contribution in [1.29, 1.82) is 0 Å². The zero-order valence-corrected chi connectivity index (χ0v) is 10.4. The summed E-state index contributed by atoms with van der Waals surface area (Å²) in [7, 11) is 0.